The number of carbonyl (C=O) groups is 3. The lowest BCUT2D eigenvalue weighted by molar-refractivity contribution is -0.698. The summed E-state index contributed by atoms with van der Waals surface area (Å²) in [4.78, 5) is 52.3. The van der Waals surface area contributed by atoms with E-state index >= 15 is 0 Å². The number of carboxylic acid groups (broad SMARTS) is 1. The Morgan fingerprint density at radius 2 is 2.17 bits per heavy atom. The van der Waals surface area contributed by atoms with Crippen LogP contribution < -0.4 is 27.1 Å². The SMILES string of the molecule is CON=C(C(=O)NC1C(=O)N2CC(CSc3nc(N)cc(N)[n+]3C)(C(=O)O)CS[C@H]12)c1nsc(N)n1. The molecule has 192 valence electrons. The normalized spacial score (nSPS) is 23.6. The second kappa shape index (κ2) is 9.94. The fourth-order valence-electron chi connectivity index (χ4n) is 3.63. The second-order valence-electron chi connectivity index (χ2n) is 8.02. The highest BCUT2D eigenvalue weighted by Crippen LogP contribution is 2.44. The molecule has 4 heterocycles. The summed E-state index contributed by atoms with van der Waals surface area (Å²) >= 11 is 3.35. The Hall–Kier alpha value is -3.38. The molecule has 0 bridgehead atoms. The van der Waals surface area contributed by atoms with Crippen molar-refractivity contribution in [2.24, 2.45) is 17.6 Å². The number of thioether (sulfide) groups is 2. The highest BCUT2D eigenvalue weighted by Gasteiger charge is 2.57. The molecule has 0 aromatic carbocycles. The van der Waals surface area contributed by atoms with Crippen molar-refractivity contribution < 1.29 is 28.9 Å². The van der Waals surface area contributed by atoms with E-state index < -0.39 is 34.6 Å². The van der Waals surface area contributed by atoms with Gasteiger partial charge in [-0.1, -0.05) is 21.9 Å². The molecule has 0 saturated carbocycles. The van der Waals surface area contributed by atoms with Crippen LogP contribution in [0.4, 0.5) is 16.8 Å². The van der Waals surface area contributed by atoms with E-state index in [9.17, 15) is 19.5 Å². The standard InChI is InChI=1S/C18H22N10O5S3/c1-27-8(20)3-7(19)22-17(27)35-6-18(15(31)32)4-28-13(30)10(14(28)34-5-18)23-12(29)9(25-33-2)11-24-16(21)36-26-11/h3,10,14H,4-6H2,1-2H3,(H7,19,20,21,23,24,26,29,31,32)/p+1/t10?,14-,18?/m1/s1. The summed E-state index contributed by atoms with van der Waals surface area (Å²) in [5.74, 6) is -1.23. The first-order valence-electron chi connectivity index (χ1n) is 10.3. The third-order valence-electron chi connectivity index (χ3n) is 5.61. The van der Waals surface area contributed by atoms with Gasteiger partial charge in [-0.05, 0) is 0 Å². The third kappa shape index (κ3) is 4.70. The fourth-order valence-corrected chi connectivity index (χ4v) is 6.93. The highest BCUT2D eigenvalue weighted by atomic mass is 32.2. The number of oxime groups is 1. The number of nitrogens with zero attached hydrogens (tertiary/aromatic N) is 6. The van der Waals surface area contributed by atoms with E-state index in [4.69, 9.17) is 22.0 Å². The van der Waals surface area contributed by atoms with Crippen LogP contribution in [0.1, 0.15) is 5.82 Å². The van der Waals surface area contributed by atoms with E-state index in [1.165, 1.54) is 41.6 Å². The minimum Gasteiger partial charge on any atom is -0.481 e. The molecule has 2 aromatic rings. The molecule has 2 unspecified atom stereocenters. The van der Waals surface area contributed by atoms with Crippen LogP contribution in [0, 0.1) is 5.41 Å². The molecule has 2 aliphatic rings. The number of aliphatic carboxylic acids is 1. The van der Waals surface area contributed by atoms with Gasteiger partial charge >= 0.3 is 11.1 Å². The molecule has 0 spiro atoms. The number of hydrogen-bond acceptors (Lipinski definition) is 14. The quantitative estimate of drug-likeness (QED) is 0.0600. The van der Waals surface area contributed by atoms with E-state index in [2.05, 4.69) is 24.8 Å². The molecule has 0 aliphatic carbocycles. The lowest BCUT2D eigenvalue weighted by Crippen LogP contribution is -2.74. The number of β-lactam (4-membered cyclic amide) rings is 1. The Kier molecular flexibility index (Phi) is 7.10. The van der Waals surface area contributed by atoms with Crippen molar-refractivity contribution in [2.75, 3.05) is 42.4 Å². The summed E-state index contributed by atoms with van der Waals surface area (Å²) in [6.45, 7) is -0.0249. The Balaban J connectivity index is 1.45. The van der Waals surface area contributed by atoms with Crippen LogP contribution in [0.3, 0.4) is 0 Å². The Labute approximate surface area is 217 Å². The van der Waals surface area contributed by atoms with E-state index in [1.54, 1.807) is 11.6 Å². The van der Waals surface area contributed by atoms with Crippen LogP contribution in [-0.4, -0.2) is 84.4 Å². The molecular weight excluding hydrogens is 532 g/mol. The molecule has 2 aromatic heterocycles. The van der Waals surface area contributed by atoms with Gasteiger partial charge in [0.05, 0.1) is 13.1 Å². The highest BCUT2D eigenvalue weighted by molar-refractivity contribution is 8.00. The molecule has 15 nitrogen and oxygen atoms in total. The van der Waals surface area contributed by atoms with Crippen LogP contribution in [0.25, 0.3) is 0 Å². The summed E-state index contributed by atoms with van der Waals surface area (Å²) in [5, 5.41) is 16.5. The lowest BCUT2D eigenvalue weighted by Gasteiger charge is -2.53. The van der Waals surface area contributed by atoms with Crippen molar-refractivity contribution in [2.45, 2.75) is 16.6 Å². The Morgan fingerprint density at radius 1 is 1.42 bits per heavy atom. The smallest absolute Gasteiger partial charge is 0.313 e. The number of carboxylic acids is 1. The molecule has 2 saturated heterocycles. The first-order valence-corrected chi connectivity index (χ1v) is 13.1. The maximum absolute atomic E-state index is 12.9. The van der Waals surface area contributed by atoms with Gasteiger partial charge in [-0.2, -0.15) is 9.36 Å². The zero-order chi connectivity index (χ0) is 26.2. The lowest BCUT2D eigenvalue weighted by atomic mass is 9.89. The van der Waals surface area contributed by atoms with Gasteiger partial charge in [0, 0.05) is 29.6 Å². The van der Waals surface area contributed by atoms with Gasteiger partial charge in [-0.15, -0.1) is 11.8 Å². The van der Waals surface area contributed by atoms with E-state index in [-0.39, 0.29) is 40.5 Å². The van der Waals surface area contributed by atoms with Gasteiger partial charge in [0.25, 0.3) is 5.91 Å². The molecule has 0 radical (unpaired) electrons. The topological polar surface area (TPSA) is 229 Å². The minimum atomic E-state index is -1.24. The zero-order valence-corrected chi connectivity index (χ0v) is 21.5. The van der Waals surface area contributed by atoms with Crippen molar-refractivity contribution >= 4 is 75.3 Å². The van der Waals surface area contributed by atoms with Gasteiger partial charge in [0.2, 0.25) is 29.1 Å². The summed E-state index contributed by atoms with van der Waals surface area (Å²) in [6.07, 6.45) is 0. The molecule has 4 rings (SSSR count). The number of anilines is 3. The number of nitrogen functional groups attached to an aromatic ring is 3. The predicted molar refractivity (Wildman–Crippen MR) is 133 cm³/mol. The average molecular weight is 556 g/mol. The average Bonchev–Trinajstić information content (AvgIpc) is 3.27. The van der Waals surface area contributed by atoms with Gasteiger partial charge in [0.15, 0.2) is 5.13 Å². The number of nitrogens with two attached hydrogens (primary N) is 3. The van der Waals surface area contributed by atoms with Crippen molar-refractivity contribution in [3.8, 4) is 0 Å². The Bertz CT molecular complexity index is 1260. The molecule has 36 heavy (non-hydrogen) atoms. The molecule has 2 aliphatic heterocycles. The van der Waals surface area contributed by atoms with Gasteiger partial charge in [0.1, 0.15) is 23.9 Å². The number of hydrogen-bond donors (Lipinski definition) is 5. The molecular formula is C18H23N10O5S3+. The zero-order valence-electron chi connectivity index (χ0n) is 19.1. The van der Waals surface area contributed by atoms with Crippen LogP contribution in [0.5, 0.6) is 0 Å². The monoisotopic (exact) mass is 555 g/mol. The summed E-state index contributed by atoms with van der Waals surface area (Å²) in [7, 11) is 2.96. The van der Waals surface area contributed by atoms with Crippen molar-refractivity contribution in [3.05, 3.63) is 11.9 Å². The predicted octanol–water partition coefficient (Wildman–Crippen LogP) is -1.88. The van der Waals surface area contributed by atoms with E-state index in [0.717, 1.165) is 11.5 Å². The third-order valence-corrected chi connectivity index (χ3v) is 9.06. The van der Waals surface area contributed by atoms with Crippen LogP contribution >= 0.6 is 35.1 Å². The largest absolute Gasteiger partial charge is 0.481 e. The molecule has 3 atom stereocenters. The number of aromatic nitrogens is 4. The van der Waals surface area contributed by atoms with Crippen molar-refractivity contribution in [3.63, 3.8) is 0 Å². The maximum atomic E-state index is 12.9. The van der Waals surface area contributed by atoms with Gasteiger partial charge in [-0.3, -0.25) is 14.4 Å². The summed E-state index contributed by atoms with van der Waals surface area (Å²) in [6, 6.07) is 0.640. The first-order chi connectivity index (χ1) is 17.1. The molecule has 18 heteroatoms. The van der Waals surface area contributed by atoms with Crippen LogP contribution in [-0.2, 0) is 26.3 Å². The van der Waals surface area contributed by atoms with Gasteiger partial charge in [-0.25, -0.2) is 4.57 Å². The van der Waals surface area contributed by atoms with Crippen molar-refractivity contribution in [1.29, 1.82) is 0 Å². The van der Waals surface area contributed by atoms with E-state index in [1.807, 2.05) is 0 Å². The number of amides is 2. The minimum absolute atomic E-state index is 0.0249. The number of fused-ring (bicyclic) bond motifs is 1. The number of rotatable bonds is 8. The van der Waals surface area contributed by atoms with Crippen molar-refractivity contribution in [1.82, 2.24) is 24.6 Å². The van der Waals surface area contributed by atoms with Crippen LogP contribution in [0.15, 0.2) is 16.4 Å². The van der Waals surface area contributed by atoms with E-state index in [0.29, 0.717) is 11.0 Å². The fraction of sp³-hybridized carbons (Fsp3) is 0.444. The molecule has 2 fully saturated rings. The maximum Gasteiger partial charge on any atom is 0.313 e. The van der Waals surface area contributed by atoms with Crippen LogP contribution in [0.2, 0.25) is 0 Å². The molecule has 8 N–H and O–H groups in total. The number of carbonyl (C=O) groups excluding carboxylic acids is 2. The van der Waals surface area contributed by atoms with Gasteiger partial charge < -0.3 is 37.4 Å². The summed E-state index contributed by atoms with van der Waals surface area (Å²) < 4.78 is 5.56. The second-order valence-corrected chi connectivity index (χ2v) is 10.9. The summed E-state index contributed by atoms with van der Waals surface area (Å²) in [5.41, 5.74) is 15.8. The number of nitrogens with one attached hydrogen (secondary N) is 1. The molecule has 2 amide bonds. The first kappa shape index (κ1) is 25.7. The Morgan fingerprint density at radius 3 is 2.81 bits per heavy atom.